The van der Waals surface area contributed by atoms with Crippen LogP contribution in [0.4, 0.5) is 5.82 Å². The Balaban J connectivity index is 1.38. The van der Waals surface area contributed by atoms with E-state index in [1.807, 2.05) is 48.8 Å². The number of nitrogens with one attached hydrogen (secondary N) is 1. The lowest BCUT2D eigenvalue weighted by molar-refractivity contribution is 0.0378. The normalized spacial score (nSPS) is 14.3. The van der Waals surface area contributed by atoms with Crippen molar-refractivity contribution in [3.8, 4) is 33.1 Å². The molecule has 0 atom stereocenters. The van der Waals surface area contributed by atoms with Gasteiger partial charge in [-0.05, 0) is 30.5 Å². The van der Waals surface area contributed by atoms with Crippen molar-refractivity contribution in [2.45, 2.75) is 6.42 Å². The third-order valence-corrected chi connectivity index (χ3v) is 6.58. The van der Waals surface area contributed by atoms with E-state index in [4.69, 9.17) is 14.7 Å². The highest BCUT2D eigenvalue weighted by Crippen LogP contribution is 2.29. The molecule has 1 fully saturated rings. The maximum absolute atomic E-state index is 5.44. The molecule has 0 unspecified atom stereocenters. The molecule has 6 nitrogen and oxygen atoms in total. The molecule has 5 rings (SSSR count). The van der Waals surface area contributed by atoms with E-state index in [9.17, 15) is 0 Å². The maximum Gasteiger partial charge on any atom is 0.162 e. The third kappa shape index (κ3) is 5.63. The summed E-state index contributed by atoms with van der Waals surface area (Å²) in [5.74, 6) is 1.55. The van der Waals surface area contributed by atoms with E-state index < -0.39 is 0 Å². The fourth-order valence-corrected chi connectivity index (χ4v) is 4.61. The molecular formula is C26H27N5OS. The summed E-state index contributed by atoms with van der Waals surface area (Å²) < 4.78 is 5.44. The summed E-state index contributed by atoms with van der Waals surface area (Å²) in [4.78, 5) is 17.8. The zero-order valence-corrected chi connectivity index (χ0v) is 19.3. The van der Waals surface area contributed by atoms with Gasteiger partial charge in [0.25, 0.3) is 0 Å². The first-order valence-electron chi connectivity index (χ1n) is 11.3. The average Bonchev–Trinajstić information content (AvgIpc) is 3.43. The molecule has 168 valence electrons. The molecule has 0 spiro atoms. The number of ether oxygens (including phenoxy) is 1. The zero-order chi connectivity index (χ0) is 22.3. The first-order chi connectivity index (χ1) is 16.3. The lowest BCUT2D eigenvalue weighted by Gasteiger charge is -2.26. The fraction of sp³-hybridized carbons (Fsp3) is 0.269. The number of hydrogen-bond donors (Lipinski definition) is 1. The van der Waals surface area contributed by atoms with E-state index in [2.05, 4.69) is 38.8 Å². The average molecular weight is 458 g/mol. The van der Waals surface area contributed by atoms with Crippen molar-refractivity contribution in [2.24, 2.45) is 0 Å². The van der Waals surface area contributed by atoms with Gasteiger partial charge < -0.3 is 10.1 Å². The summed E-state index contributed by atoms with van der Waals surface area (Å²) in [7, 11) is 0. The monoisotopic (exact) mass is 457 g/mol. The Kier molecular flexibility index (Phi) is 7.01. The Labute approximate surface area is 198 Å². The molecule has 3 aromatic heterocycles. The Hall–Kier alpha value is -3.13. The third-order valence-electron chi connectivity index (χ3n) is 5.66. The molecule has 0 aliphatic carbocycles. The van der Waals surface area contributed by atoms with E-state index in [0.29, 0.717) is 5.82 Å². The van der Waals surface area contributed by atoms with E-state index >= 15 is 0 Å². The summed E-state index contributed by atoms with van der Waals surface area (Å²) in [6.07, 6.45) is 4.82. The Morgan fingerprint density at radius 1 is 0.909 bits per heavy atom. The molecule has 1 saturated heterocycles. The number of pyridine rings is 1. The van der Waals surface area contributed by atoms with Crippen molar-refractivity contribution < 1.29 is 4.74 Å². The molecule has 4 heterocycles. The maximum atomic E-state index is 5.44. The van der Waals surface area contributed by atoms with Crippen molar-refractivity contribution >= 4 is 17.2 Å². The van der Waals surface area contributed by atoms with E-state index in [1.165, 1.54) is 4.88 Å². The SMILES string of the molecule is c1ccc(-c2nc(NCCCN3CCOCC3)cc(-c3cncc(-c4cccs4)c3)n2)cc1. The second kappa shape index (κ2) is 10.7. The first kappa shape index (κ1) is 21.7. The molecule has 7 heteroatoms. The van der Waals surface area contributed by atoms with Crippen LogP contribution >= 0.6 is 11.3 Å². The van der Waals surface area contributed by atoms with E-state index in [0.717, 1.165) is 74.0 Å². The summed E-state index contributed by atoms with van der Waals surface area (Å²) in [6.45, 7) is 5.62. The largest absolute Gasteiger partial charge is 0.379 e. The molecule has 4 aromatic rings. The van der Waals surface area contributed by atoms with Crippen molar-refractivity contribution in [1.82, 2.24) is 19.9 Å². The molecule has 33 heavy (non-hydrogen) atoms. The predicted octanol–water partition coefficient (Wildman–Crippen LogP) is 5.07. The highest BCUT2D eigenvalue weighted by atomic mass is 32.1. The predicted molar refractivity (Wildman–Crippen MR) is 134 cm³/mol. The lowest BCUT2D eigenvalue weighted by Crippen LogP contribution is -2.37. The fourth-order valence-electron chi connectivity index (χ4n) is 3.90. The van der Waals surface area contributed by atoms with Gasteiger partial charge in [-0.3, -0.25) is 9.88 Å². The second-order valence-corrected chi connectivity index (χ2v) is 8.95. The first-order valence-corrected chi connectivity index (χ1v) is 12.2. The van der Waals surface area contributed by atoms with Crippen LogP contribution < -0.4 is 5.32 Å². The van der Waals surface area contributed by atoms with Crippen molar-refractivity contribution in [2.75, 3.05) is 44.7 Å². The van der Waals surface area contributed by atoms with E-state index in [-0.39, 0.29) is 0 Å². The van der Waals surface area contributed by atoms with Gasteiger partial charge >= 0.3 is 0 Å². The molecule has 1 aromatic carbocycles. The van der Waals surface area contributed by atoms with Gasteiger partial charge in [-0.2, -0.15) is 0 Å². The van der Waals surface area contributed by atoms with Gasteiger partial charge in [0.05, 0.1) is 18.9 Å². The van der Waals surface area contributed by atoms with Crippen LogP contribution in [0.2, 0.25) is 0 Å². The van der Waals surface area contributed by atoms with Crippen LogP contribution in [0.15, 0.2) is 72.4 Å². The van der Waals surface area contributed by atoms with Gasteiger partial charge in [0.15, 0.2) is 5.82 Å². The molecule has 0 radical (unpaired) electrons. The molecule has 1 aliphatic rings. The van der Waals surface area contributed by atoms with Gasteiger partial charge in [0, 0.05) is 59.7 Å². The van der Waals surface area contributed by atoms with Crippen LogP contribution in [0.25, 0.3) is 33.1 Å². The minimum Gasteiger partial charge on any atom is -0.379 e. The van der Waals surface area contributed by atoms with Crippen LogP contribution in [-0.2, 0) is 4.74 Å². The summed E-state index contributed by atoms with van der Waals surface area (Å²) >= 11 is 1.71. The molecule has 0 amide bonds. The summed E-state index contributed by atoms with van der Waals surface area (Å²) in [6, 6.07) is 18.5. The number of hydrogen-bond acceptors (Lipinski definition) is 7. The van der Waals surface area contributed by atoms with Gasteiger partial charge in [0.2, 0.25) is 0 Å². The summed E-state index contributed by atoms with van der Waals surface area (Å²) in [5.41, 5.74) is 3.95. The highest BCUT2D eigenvalue weighted by molar-refractivity contribution is 7.13. The smallest absolute Gasteiger partial charge is 0.162 e. The van der Waals surface area contributed by atoms with Crippen LogP contribution in [0.5, 0.6) is 0 Å². The van der Waals surface area contributed by atoms with Crippen LogP contribution in [0.3, 0.4) is 0 Å². The van der Waals surface area contributed by atoms with Crippen LogP contribution in [0, 0.1) is 0 Å². The summed E-state index contributed by atoms with van der Waals surface area (Å²) in [5, 5.41) is 5.60. The number of nitrogens with zero attached hydrogens (tertiary/aromatic N) is 4. The Bertz CT molecular complexity index is 1160. The quantitative estimate of drug-likeness (QED) is 0.373. The topological polar surface area (TPSA) is 63.2 Å². The molecular weight excluding hydrogens is 430 g/mol. The zero-order valence-electron chi connectivity index (χ0n) is 18.5. The Morgan fingerprint density at radius 2 is 1.76 bits per heavy atom. The number of morpholine rings is 1. The van der Waals surface area contributed by atoms with Gasteiger partial charge in [-0.15, -0.1) is 11.3 Å². The standard InChI is InChI=1S/C26H27N5OS/c1-2-6-20(7-3-1)26-29-23(21-16-22(19-27-18-21)24-8-4-15-33-24)17-25(30-26)28-9-5-10-31-11-13-32-14-12-31/h1-4,6-8,15-19H,5,9-14H2,(H,28,29,30). The van der Waals surface area contributed by atoms with Crippen molar-refractivity contribution in [1.29, 1.82) is 0 Å². The van der Waals surface area contributed by atoms with Crippen LogP contribution in [-0.4, -0.2) is 59.2 Å². The van der Waals surface area contributed by atoms with Crippen LogP contribution in [0.1, 0.15) is 6.42 Å². The van der Waals surface area contributed by atoms with E-state index in [1.54, 1.807) is 11.3 Å². The minimum atomic E-state index is 0.713. The molecule has 1 N–H and O–H groups in total. The highest BCUT2D eigenvalue weighted by Gasteiger charge is 2.12. The van der Waals surface area contributed by atoms with Crippen molar-refractivity contribution in [3.63, 3.8) is 0 Å². The minimum absolute atomic E-state index is 0.713. The van der Waals surface area contributed by atoms with Crippen molar-refractivity contribution in [3.05, 3.63) is 72.4 Å². The molecule has 0 bridgehead atoms. The Morgan fingerprint density at radius 3 is 2.58 bits per heavy atom. The lowest BCUT2D eigenvalue weighted by atomic mass is 10.1. The number of aromatic nitrogens is 3. The van der Waals surface area contributed by atoms with Gasteiger partial charge in [-0.25, -0.2) is 9.97 Å². The number of rotatable bonds is 8. The number of thiophene rings is 1. The number of anilines is 1. The molecule has 0 saturated carbocycles. The molecule has 1 aliphatic heterocycles. The number of benzene rings is 1. The van der Waals surface area contributed by atoms with Gasteiger partial charge in [-0.1, -0.05) is 36.4 Å². The second-order valence-electron chi connectivity index (χ2n) is 8.00. The van der Waals surface area contributed by atoms with Gasteiger partial charge in [0.1, 0.15) is 5.82 Å².